The summed E-state index contributed by atoms with van der Waals surface area (Å²) in [5.74, 6) is 3.45. The van der Waals surface area contributed by atoms with Gasteiger partial charge in [-0.1, -0.05) is 30.3 Å². The molecule has 1 N–H and O–H groups in total. The summed E-state index contributed by atoms with van der Waals surface area (Å²) in [7, 11) is 4.90. The van der Waals surface area contributed by atoms with Gasteiger partial charge in [0, 0.05) is 37.2 Å². The monoisotopic (exact) mass is 441 g/mol. The van der Waals surface area contributed by atoms with Crippen molar-refractivity contribution in [3.05, 3.63) is 53.6 Å². The number of benzene rings is 2. The molecule has 1 atom stereocenters. The molecule has 7 nitrogen and oxygen atoms in total. The SMILES string of the molecule is CCNC(=NCc1cc(OC)c(OC)cc1OC)N1CCC(COCc2ccccc2)C1. The second-order valence-corrected chi connectivity index (χ2v) is 7.79. The zero-order chi connectivity index (χ0) is 22.8. The number of hydrogen-bond acceptors (Lipinski definition) is 5. The van der Waals surface area contributed by atoms with Crippen LogP contribution >= 0.6 is 0 Å². The first-order chi connectivity index (χ1) is 15.7. The van der Waals surface area contributed by atoms with E-state index in [-0.39, 0.29) is 0 Å². The fraction of sp³-hybridized carbons (Fsp3) is 0.480. The van der Waals surface area contributed by atoms with E-state index < -0.39 is 0 Å². The van der Waals surface area contributed by atoms with Gasteiger partial charge in [-0.15, -0.1) is 0 Å². The molecule has 1 aliphatic heterocycles. The Kier molecular flexibility index (Phi) is 9.04. The predicted octanol–water partition coefficient (Wildman–Crippen LogP) is 3.72. The minimum absolute atomic E-state index is 0.484. The molecule has 2 aromatic rings. The first-order valence-corrected chi connectivity index (χ1v) is 11.1. The number of rotatable bonds is 10. The Bertz CT molecular complexity index is 873. The molecule has 0 bridgehead atoms. The lowest BCUT2D eigenvalue weighted by atomic mass is 10.1. The van der Waals surface area contributed by atoms with Crippen LogP contribution in [0.3, 0.4) is 0 Å². The standard InChI is InChI=1S/C25H35N3O4/c1-5-26-25(27-15-21-13-23(30-3)24(31-4)14-22(21)29-2)28-12-11-20(16-28)18-32-17-19-9-7-6-8-10-19/h6-10,13-14,20H,5,11-12,15-18H2,1-4H3,(H,26,27). The summed E-state index contributed by atoms with van der Waals surface area (Å²) in [5.41, 5.74) is 2.16. The van der Waals surface area contributed by atoms with Crippen molar-refractivity contribution >= 4 is 5.96 Å². The highest BCUT2D eigenvalue weighted by atomic mass is 16.5. The van der Waals surface area contributed by atoms with E-state index in [1.807, 2.05) is 30.3 Å². The smallest absolute Gasteiger partial charge is 0.194 e. The van der Waals surface area contributed by atoms with E-state index in [1.165, 1.54) is 5.56 Å². The zero-order valence-electron chi connectivity index (χ0n) is 19.6. The molecule has 0 spiro atoms. The second-order valence-electron chi connectivity index (χ2n) is 7.79. The quantitative estimate of drug-likeness (QED) is 0.448. The van der Waals surface area contributed by atoms with Gasteiger partial charge in [0.15, 0.2) is 17.5 Å². The maximum atomic E-state index is 5.97. The van der Waals surface area contributed by atoms with Crippen molar-refractivity contribution in [3.8, 4) is 17.2 Å². The number of likely N-dealkylation sites (tertiary alicyclic amines) is 1. The largest absolute Gasteiger partial charge is 0.496 e. The van der Waals surface area contributed by atoms with Crippen molar-refractivity contribution in [1.29, 1.82) is 0 Å². The van der Waals surface area contributed by atoms with Gasteiger partial charge < -0.3 is 29.2 Å². The third-order valence-corrected chi connectivity index (χ3v) is 5.57. The number of nitrogens with one attached hydrogen (secondary N) is 1. The molecule has 174 valence electrons. The second kappa shape index (κ2) is 12.2. The molecule has 0 radical (unpaired) electrons. The highest BCUT2D eigenvalue weighted by Gasteiger charge is 2.25. The van der Waals surface area contributed by atoms with Gasteiger partial charge in [0.25, 0.3) is 0 Å². The lowest BCUT2D eigenvalue weighted by Crippen LogP contribution is -2.40. The van der Waals surface area contributed by atoms with Gasteiger partial charge in [-0.2, -0.15) is 0 Å². The zero-order valence-corrected chi connectivity index (χ0v) is 19.6. The fourth-order valence-electron chi connectivity index (χ4n) is 3.88. The number of aliphatic imine (C=N–C) groups is 1. The lowest BCUT2D eigenvalue weighted by Gasteiger charge is -2.22. The number of guanidine groups is 1. The first kappa shape index (κ1) is 23.7. The van der Waals surface area contributed by atoms with Gasteiger partial charge in [0.1, 0.15) is 5.75 Å². The molecular formula is C25H35N3O4. The molecule has 0 aliphatic carbocycles. The predicted molar refractivity (Wildman–Crippen MR) is 127 cm³/mol. The average Bonchev–Trinajstić information content (AvgIpc) is 3.30. The summed E-state index contributed by atoms with van der Waals surface area (Å²) in [4.78, 5) is 7.19. The van der Waals surface area contributed by atoms with Crippen molar-refractivity contribution in [3.63, 3.8) is 0 Å². The van der Waals surface area contributed by atoms with Crippen LogP contribution in [0.4, 0.5) is 0 Å². The van der Waals surface area contributed by atoms with Crippen molar-refractivity contribution in [2.24, 2.45) is 10.9 Å². The summed E-state index contributed by atoms with van der Waals surface area (Å²) >= 11 is 0. The molecule has 1 saturated heterocycles. The molecule has 32 heavy (non-hydrogen) atoms. The number of nitrogens with zero attached hydrogens (tertiary/aromatic N) is 2. The molecule has 7 heteroatoms. The van der Waals surface area contributed by atoms with E-state index in [0.29, 0.717) is 30.6 Å². The van der Waals surface area contributed by atoms with Gasteiger partial charge >= 0.3 is 0 Å². The van der Waals surface area contributed by atoms with E-state index >= 15 is 0 Å². The molecule has 3 rings (SSSR count). The summed E-state index contributed by atoms with van der Waals surface area (Å²) in [6.07, 6.45) is 1.10. The average molecular weight is 442 g/mol. The van der Waals surface area contributed by atoms with E-state index in [0.717, 1.165) is 49.9 Å². The Morgan fingerprint density at radius 2 is 1.75 bits per heavy atom. The Morgan fingerprint density at radius 3 is 2.44 bits per heavy atom. The third kappa shape index (κ3) is 6.29. The summed E-state index contributed by atoms with van der Waals surface area (Å²) in [6, 6.07) is 14.1. The van der Waals surface area contributed by atoms with Crippen molar-refractivity contribution < 1.29 is 18.9 Å². The van der Waals surface area contributed by atoms with Crippen LogP contribution in [0.15, 0.2) is 47.5 Å². The van der Waals surface area contributed by atoms with Crippen LogP contribution in [-0.2, 0) is 17.9 Å². The number of hydrogen-bond donors (Lipinski definition) is 1. The number of ether oxygens (including phenoxy) is 4. The molecule has 1 fully saturated rings. The Balaban J connectivity index is 1.61. The third-order valence-electron chi connectivity index (χ3n) is 5.57. The van der Waals surface area contributed by atoms with E-state index in [1.54, 1.807) is 21.3 Å². The summed E-state index contributed by atoms with van der Waals surface area (Å²) in [6.45, 7) is 6.70. The van der Waals surface area contributed by atoms with Crippen molar-refractivity contribution in [2.75, 3.05) is 47.6 Å². The molecule has 1 heterocycles. The maximum absolute atomic E-state index is 5.97. The minimum atomic E-state index is 0.484. The fourth-order valence-corrected chi connectivity index (χ4v) is 3.88. The minimum Gasteiger partial charge on any atom is -0.496 e. The highest BCUT2D eigenvalue weighted by Crippen LogP contribution is 2.35. The van der Waals surface area contributed by atoms with Gasteiger partial charge in [0.05, 0.1) is 41.1 Å². The molecule has 2 aromatic carbocycles. The van der Waals surface area contributed by atoms with Gasteiger partial charge in [0.2, 0.25) is 0 Å². The maximum Gasteiger partial charge on any atom is 0.194 e. The normalized spacial score (nSPS) is 16.2. The van der Waals surface area contributed by atoms with Gasteiger partial charge in [-0.05, 0) is 25.0 Å². The molecule has 1 unspecified atom stereocenters. The van der Waals surface area contributed by atoms with Crippen molar-refractivity contribution in [2.45, 2.75) is 26.5 Å². The lowest BCUT2D eigenvalue weighted by molar-refractivity contribution is 0.0906. The van der Waals surface area contributed by atoms with E-state index in [4.69, 9.17) is 23.9 Å². The summed E-state index contributed by atoms with van der Waals surface area (Å²) in [5, 5.41) is 3.42. The van der Waals surface area contributed by atoms with Crippen LogP contribution in [-0.4, -0.2) is 58.4 Å². The van der Waals surface area contributed by atoms with Gasteiger partial charge in [-0.25, -0.2) is 4.99 Å². The first-order valence-electron chi connectivity index (χ1n) is 11.1. The Morgan fingerprint density at radius 1 is 1.03 bits per heavy atom. The van der Waals surface area contributed by atoms with Crippen LogP contribution < -0.4 is 19.5 Å². The van der Waals surface area contributed by atoms with Crippen LogP contribution in [0.2, 0.25) is 0 Å². The van der Waals surface area contributed by atoms with Crippen LogP contribution in [0.1, 0.15) is 24.5 Å². The topological polar surface area (TPSA) is 64.6 Å². The van der Waals surface area contributed by atoms with Crippen LogP contribution in [0.25, 0.3) is 0 Å². The van der Waals surface area contributed by atoms with E-state index in [2.05, 4.69) is 29.3 Å². The molecule has 0 amide bonds. The Hall–Kier alpha value is -2.93. The molecule has 0 saturated carbocycles. The molecule has 0 aromatic heterocycles. The highest BCUT2D eigenvalue weighted by molar-refractivity contribution is 5.80. The van der Waals surface area contributed by atoms with Crippen molar-refractivity contribution in [1.82, 2.24) is 10.2 Å². The van der Waals surface area contributed by atoms with Crippen LogP contribution in [0.5, 0.6) is 17.2 Å². The summed E-state index contributed by atoms with van der Waals surface area (Å²) < 4.78 is 22.3. The number of methoxy groups -OCH3 is 3. The van der Waals surface area contributed by atoms with Crippen LogP contribution in [0, 0.1) is 5.92 Å². The molecule has 1 aliphatic rings. The van der Waals surface area contributed by atoms with Gasteiger partial charge in [-0.3, -0.25) is 0 Å². The molecular weight excluding hydrogens is 406 g/mol. The van der Waals surface area contributed by atoms with E-state index in [9.17, 15) is 0 Å². The Labute approximate surface area is 191 Å².